The highest BCUT2D eigenvalue weighted by Gasteiger charge is 2.16. The standard InChI is InChI=1S/C13H27N/c1-3-4-5-6-7-8-13-11-12(2)9-10-14-13/h12-14H,3-11H2,1-2H3. The van der Waals surface area contributed by atoms with Crippen molar-refractivity contribution in [1.82, 2.24) is 5.32 Å². The molecule has 1 nitrogen and oxygen atoms in total. The molecule has 2 atom stereocenters. The highest BCUT2D eigenvalue weighted by atomic mass is 14.9. The molecule has 0 amide bonds. The van der Waals surface area contributed by atoms with Gasteiger partial charge >= 0.3 is 0 Å². The van der Waals surface area contributed by atoms with E-state index in [9.17, 15) is 0 Å². The van der Waals surface area contributed by atoms with E-state index in [1.54, 1.807) is 0 Å². The molecule has 1 aliphatic heterocycles. The summed E-state index contributed by atoms with van der Waals surface area (Å²) in [6.07, 6.45) is 11.3. The lowest BCUT2D eigenvalue weighted by atomic mass is 9.91. The fourth-order valence-corrected chi connectivity index (χ4v) is 2.43. The molecule has 0 bridgehead atoms. The number of hydrogen-bond donors (Lipinski definition) is 1. The highest BCUT2D eigenvalue weighted by molar-refractivity contribution is 4.75. The van der Waals surface area contributed by atoms with E-state index in [0.717, 1.165) is 12.0 Å². The van der Waals surface area contributed by atoms with Gasteiger partial charge in [0, 0.05) is 6.04 Å². The Morgan fingerprint density at radius 2 is 1.93 bits per heavy atom. The molecule has 0 spiro atoms. The number of hydrogen-bond acceptors (Lipinski definition) is 1. The van der Waals surface area contributed by atoms with Crippen molar-refractivity contribution in [2.45, 2.75) is 71.3 Å². The van der Waals surface area contributed by atoms with Gasteiger partial charge in [-0.25, -0.2) is 0 Å². The third kappa shape index (κ3) is 4.99. The van der Waals surface area contributed by atoms with Crippen molar-refractivity contribution in [2.24, 2.45) is 5.92 Å². The Labute approximate surface area is 89.7 Å². The van der Waals surface area contributed by atoms with Gasteiger partial charge in [-0.3, -0.25) is 0 Å². The van der Waals surface area contributed by atoms with Crippen LogP contribution >= 0.6 is 0 Å². The molecule has 2 unspecified atom stereocenters. The van der Waals surface area contributed by atoms with Crippen LogP contribution < -0.4 is 5.32 Å². The molecule has 0 aromatic rings. The van der Waals surface area contributed by atoms with Crippen LogP contribution in [0, 0.1) is 5.92 Å². The van der Waals surface area contributed by atoms with Gasteiger partial charge in [-0.2, -0.15) is 0 Å². The van der Waals surface area contributed by atoms with Crippen molar-refractivity contribution in [3.63, 3.8) is 0 Å². The molecule has 0 aromatic heterocycles. The highest BCUT2D eigenvalue weighted by Crippen LogP contribution is 2.19. The van der Waals surface area contributed by atoms with Gasteiger partial charge < -0.3 is 5.32 Å². The normalized spacial score (nSPS) is 27.9. The zero-order valence-electron chi connectivity index (χ0n) is 10.0. The monoisotopic (exact) mass is 197 g/mol. The summed E-state index contributed by atoms with van der Waals surface area (Å²) in [5.41, 5.74) is 0. The Hall–Kier alpha value is -0.0400. The van der Waals surface area contributed by atoms with Crippen molar-refractivity contribution in [2.75, 3.05) is 6.54 Å². The molecule has 1 heteroatoms. The Morgan fingerprint density at radius 3 is 2.64 bits per heavy atom. The first kappa shape index (κ1) is 12.0. The summed E-state index contributed by atoms with van der Waals surface area (Å²) in [5, 5.41) is 3.64. The Morgan fingerprint density at radius 1 is 1.14 bits per heavy atom. The van der Waals surface area contributed by atoms with Crippen LogP contribution in [0.3, 0.4) is 0 Å². The van der Waals surface area contributed by atoms with E-state index in [0.29, 0.717) is 0 Å². The van der Waals surface area contributed by atoms with E-state index in [-0.39, 0.29) is 0 Å². The number of unbranched alkanes of at least 4 members (excludes halogenated alkanes) is 4. The predicted molar refractivity (Wildman–Crippen MR) is 63.6 cm³/mol. The number of piperidine rings is 1. The van der Waals surface area contributed by atoms with Gasteiger partial charge in [-0.15, -0.1) is 0 Å². The first-order valence-corrected chi connectivity index (χ1v) is 6.56. The molecule has 1 N–H and O–H groups in total. The second-order valence-electron chi connectivity index (χ2n) is 4.98. The Bertz CT molecular complexity index is 133. The summed E-state index contributed by atoms with van der Waals surface area (Å²) in [5.74, 6) is 0.955. The minimum Gasteiger partial charge on any atom is -0.314 e. The third-order valence-corrected chi connectivity index (χ3v) is 3.41. The zero-order valence-corrected chi connectivity index (χ0v) is 10.0. The van der Waals surface area contributed by atoms with Crippen molar-refractivity contribution in [3.05, 3.63) is 0 Å². The van der Waals surface area contributed by atoms with Crippen molar-refractivity contribution < 1.29 is 0 Å². The second-order valence-corrected chi connectivity index (χ2v) is 4.98. The van der Waals surface area contributed by atoms with Crippen molar-refractivity contribution in [3.8, 4) is 0 Å². The van der Waals surface area contributed by atoms with Gasteiger partial charge in [0.25, 0.3) is 0 Å². The van der Waals surface area contributed by atoms with E-state index in [4.69, 9.17) is 0 Å². The van der Waals surface area contributed by atoms with Crippen molar-refractivity contribution >= 4 is 0 Å². The predicted octanol–water partition coefficient (Wildman–Crippen LogP) is 3.74. The smallest absolute Gasteiger partial charge is 0.00696 e. The van der Waals surface area contributed by atoms with Gasteiger partial charge in [0.2, 0.25) is 0 Å². The summed E-state index contributed by atoms with van der Waals surface area (Å²) in [4.78, 5) is 0. The van der Waals surface area contributed by atoms with Crippen LogP contribution in [0.1, 0.15) is 65.2 Å². The molecule has 1 saturated heterocycles. The fraction of sp³-hybridized carbons (Fsp3) is 1.00. The third-order valence-electron chi connectivity index (χ3n) is 3.41. The lowest BCUT2D eigenvalue weighted by molar-refractivity contribution is 0.302. The molecule has 1 fully saturated rings. The van der Waals surface area contributed by atoms with E-state index in [2.05, 4.69) is 19.2 Å². The van der Waals surface area contributed by atoms with E-state index < -0.39 is 0 Å². The van der Waals surface area contributed by atoms with Gasteiger partial charge in [0.05, 0.1) is 0 Å². The molecular formula is C13H27N. The van der Waals surface area contributed by atoms with Gasteiger partial charge in [-0.05, 0) is 31.7 Å². The summed E-state index contributed by atoms with van der Waals surface area (Å²) in [7, 11) is 0. The molecule has 0 aliphatic carbocycles. The minimum absolute atomic E-state index is 0.834. The molecule has 0 radical (unpaired) electrons. The van der Waals surface area contributed by atoms with E-state index in [1.807, 2.05) is 0 Å². The fourth-order valence-electron chi connectivity index (χ4n) is 2.43. The molecule has 1 rings (SSSR count). The van der Waals surface area contributed by atoms with Crippen molar-refractivity contribution in [1.29, 1.82) is 0 Å². The quantitative estimate of drug-likeness (QED) is 0.640. The minimum atomic E-state index is 0.834. The first-order chi connectivity index (χ1) is 6.83. The largest absolute Gasteiger partial charge is 0.314 e. The molecule has 0 saturated carbocycles. The molecular weight excluding hydrogens is 170 g/mol. The van der Waals surface area contributed by atoms with E-state index >= 15 is 0 Å². The van der Waals surface area contributed by atoms with Crippen LogP contribution in [-0.4, -0.2) is 12.6 Å². The summed E-state index contributed by atoms with van der Waals surface area (Å²) in [6, 6.07) is 0.834. The summed E-state index contributed by atoms with van der Waals surface area (Å²) in [6.45, 7) is 5.93. The molecule has 1 aliphatic rings. The maximum Gasteiger partial charge on any atom is 0.00696 e. The molecule has 1 heterocycles. The zero-order chi connectivity index (χ0) is 10.2. The maximum atomic E-state index is 3.64. The lowest BCUT2D eigenvalue weighted by Crippen LogP contribution is -2.37. The summed E-state index contributed by atoms with van der Waals surface area (Å²) < 4.78 is 0. The van der Waals surface area contributed by atoms with Gasteiger partial charge in [0.1, 0.15) is 0 Å². The van der Waals surface area contributed by atoms with Crippen LogP contribution in [0.4, 0.5) is 0 Å². The summed E-state index contributed by atoms with van der Waals surface area (Å²) >= 11 is 0. The van der Waals surface area contributed by atoms with Gasteiger partial charge in [-0.1, -0.05) is 46.0 Å². The maximum absolute atomic E-state index is 3.64. The van der Waals surface area contributed by atoms with Crippen LogP contribution in [0.25, 0.3) is 0 Å². The molecule has 0 aromatic carbocycles. The van der Waals surface area contributed by atoms with Crippen LogP contribution in [-0.2, 0) is 0 Å². The Kier molecular flexibility index (Phi) is 6.25. The SMILES string of the molecule is CCCCCCCC1CC(C)CCN1. The second kappa shape index (κ2) is 7.28. The Balaban J connectivity index is 1.95. The average molecular weight is 197 g/mol. The van der Waals surface area contributed by atoms with Crippen LogP contribution in [0.5, 0.6) is 0 Å². The molecule has 14 heavy (non-hydrogen) atoms. The van der Waals surface area contributed by atoms with E-state index in [1.165, 1.54) is 57.9 Å². The van der Waals surface area contributed by atoms with Crippen LogP contribution in [0.2, 0.25) is 0 Å². The van der Waals surface area contributed by atoms with Crippen LogP contribution in [0.15, 0.2) is 0 Å². The molecule has 84 valence electrons. The first-order valence-electron chi connectivity index (χ1n) is 6.56. The lowest BCUT2D eigenvalue weighted by Gasteiger charge is -2.28. The number of rotatable bonds is 6. The topological polar surface area (TPSA) is 12.0 Å². The average Bonchev–Trinajstić information content (AvgIpc) is 2.18. The van der Waals surface area contributed by atoms with Gasteiger partial charge in [0.15, 0.2) is 0 Å². The number of nitrogens with one attached hydrogen (secondary N) is 1.